The average molecular weight is 550 g/mol. The third kappa shape index (κ3) is 6.98. The zero-order chi connectivity index (χ0) is 20.9. The Morgan fingerprint density at radius 1 is 1.20 bits per heavy atom. The van der Waals surface area contributed by atoms with E-state index in [0.717, 1.165) is 45.2 Å². The summed E-state index contributed by atoms with van der Waals surface area (Å²) < 4.78 is 23.3. The van der Waals surface area contributed by atoms with Crippen LogP contribution in [-0.4, -0.2) is 82.6 Å². The lowest BCUT2D eigenvalue weighted by atomic mass is 10.1. The van der Waals surface area contributed by atoms with Crippen molar-refractivity contribution in [2.24, 2.45) is 4.99 Å². The molecule has 3 rings (SSSR count). The van der Waals surface area contributed by atoms with E-state index in [1.165, 1.54) is 16.8 Å². The number of benzene rings is 1. The van der Waals surface area contributed by atoms with Gasteiger partial charge in [-0.25, -0.2) is 8.42 Å². The molecule has 1 unspecified atom stereocenters. The number of hydrogen-bond acceptors (Lipinski definition) is 5. The van der Waals surface area contributed by atoms with Gasteiger partial charge in [0.2, 0.25) is 0 Å². The van der Waals surface area contributed by atoms with E-state index in [1.807, 2.05) is 6.92 Å². The van der Waals surface area contributed by atoms with Crippen LogP contribution in [0.3, 0.4) is 0 Å². The van der Waals surface area contributed by atoms with Crippen LogP contribution in [0.4, 0.5) is 5.69 Å². The van der Waals surface area contributed by atoms with Crippen molar-refractivity contribution >= 4 is 45.5 Å². The maximum atomic E-state index is 11.7. The van der Waals surface area contributed by atoms with Crippen molar-refractivity contribution in [2.75, 3.05) is 62.2 Å². The van der Waals surface area contributed by atoms with E-state index in [2.05, 4.69) is 57.5 Å². The molecule has 9 heteroatoms. The Balaban J connectivity index is 0.00000320. The van der Waals surface area contributed by atoms with E-state index >= 15 is 0 Å². The number of hydrogen-bond donors (Lipinski definition) is 2. The predicted molar refractivity (Wildman–Crippen MR) is 136 cm³/mol. The van der Waals surface area contributed by atoms with Gasteiger partial charge in [-0.1, -0.05) is 12.1 Å². The number of halogens is 1. The molecule has 2 aliphatic rings. The summed E-state index contributed by atoms with van der Waals surface area (Å²) in [5, 5.41) is 6.52. The number of nitrogens with one attached hydrogen (secondary N) is 2. The van der Waals surface area contributed by atoms with Gasteiger partial charge in [0.1, 0.15) is 0 Å². The summed E-state index contributed by atoms with van der Waals surface area (Å²) in [7, 11) is -2.89. The van der Waals surface area contributed by atoms with Crippen LogP contribution in [-0.2, 0) is 9.84 Å². The highest BCUT2D eigenvalue weighted by atomic mass is 127. The van der Waals surface area contributed by atoms with Crippen molar-refractivity contribution in [3.63, 3.8) is 0 Å². The maximum absolute atomic E-state index is 11.7. The van der Waals surface area contributed by atoms with Crippen LogP contribution in [0.2, 0.25) is 0 Å². The highest BCUT2D eigenvalue weighted by Crippen LogP contribution is 2.23. The molecule has 170 valence electrons. The molecule has 2 aliphatic heterocycles. The number of piperazine rings is 1. The van der Waals surface area contributed by atoms with Crippen molar-refractivity contribution in [3.05, 3.63) is 29.3 Å². The van der Waals surface area contributed by atoms with Crippen molar-refractivity contribution in [3.8, 4) is 0 Å². The summed E-state index contributed by atoms with van der Waals surface area (Å²) in [6, 6.07) is 6.51. The largest absolute Gasteiger partial charge is 0.369 e. The molecule has 30 heavy (non-hydrogen) atoms. The molecule has 0 spiro atoms. The van der Waals surface area contributed by atoms with Gasteiger partial charge in [0, 0.05) is 51.0 Å². The highest BCUT2D eigenvalue weighted by Gasteiger charge is 2.28. The molecule has 0 aromatic heterocycles. The summed E-state index contributed by atoms with van der Waals surface area (Å²) in [4.78, 5) is 9.60. The van der Waals surface area contributed by atoms with Gasteiger partial charge >= 0.3 is 0 Å². The van der Waals surface area contributed by atoms with Crippen molar-refractivity contribution < 1.29 is 8.42 Å². The fraction of sp³-hybridized carbons (Fsp3) is 0.667. The summed E-state index contributed by atoms with van der Waals surface area (Å²) in [5.41, 5.74) is 4.08. The molecular formula is C21H36IN5O2S. The smallest absolute Gasteiger partial charge is 0.191 e. The Bertz CT molecular complexity index is 823. The number of aliphatic imine (C=N–C) groups is 1. The third-order valence-corrected chi connectivity index (χ3v) is 7.66. The van der Waals surface area contributed by atoms with Gasteiger partial charge in [-0.05, 0) is 44.4 Å². The minimum atomic E-state index is -2.89. The molecule has 2 heterocycles. The molecule has 2 saturated heterocycles. The minimum absolute atomic E-state index is 0. The Labute approximate surface area is 198 Å². The summed E-state index contributed by atoms with van der Waals surface area (Å²) in [6.07, 6.45) is 0.660. The third-order valence-electron chi connectivity index (χ3n) is 5.89. The first-order chi connectivity index (χ1) is 13.9. The molecular weight excluding hydrogens is 513 g/mol. The Kier molecular flexibility index (Phi) is 9.67. The van der Waals surface area contributed by atoms with Gasteiger partial charge in [0.25, 0.3) is 0 Å². The molecule has 1 aromatic carbocycles. The highest BCUT2D eigenvalue weighted by molar-refractivity contribution is 14.0. The molecule has 0 saturated carbocycles. The van der Waals surface area contributed by atoms with Gasteiger partial charge < -0.3 is 15.5 Å². The monoisotopic (exact) mass is 549 g/mol. The maximum Gasteiger partial charge on any atom is 0.191 e. The van der Waals surface area contributed by atoms with Crippen LogP contribution in [0, 0.1) is 13.8 Å². The summed E-state index contributed by atoms with van der Waals surface area (Å²) in [5.74, 6) is 1.20. The summed E-state index contributed by atoms with van der Waals surface area (Å²) >= 11 is 0. The second-order valence-corrected chi connectivity index (χ2v) is 10.3. The number of rotatable bonds is 6. The van der Waals surface area contributed by atoms with Crippen LogP contribution < -0.4 is 15.5 Å². The molecule has 0 aliphatic carbocycles. The number of sulfone groups is 1. The van der Waals surface area contributed by atoms with E-state index in [1.54, 1.807) is 0 Å². The zero-order valence-corrected chi connectivity index (χ0v) is 21.5. The van der Waals surface area contributed by atoms with Crippen molar-refractivity contribution in [2.45, 2.75) is 33.2 Å². The van der Waals surface area contributed by atoms with Gasteiger partial charge in [-0.3, -0.25) is 9.89 Å². The van der Waals surface area contributed by atoms with E-state index in [0.29, 0.717) is 13.0 Å². The van der Waals surface area contributed by atoms with Gasteiger partial charge in [-0.2, -0.15) is 0 Å². The number of anilines is 1. The van der Waals surface area contributed by atoms with Gasteiger partial charge in [0.05, 0.1) is 18.1 Å². The topological polar surface area (TPSA) is 77.0 Å². The SMILES string of the molecule is CCNC(=NCCN1CCN(c2cccc(C)c2C)CC1)NC1CCS(=O)(=O)C1.I. The first kappa shape index (κ1) is 25.2. The lowest BCUT2D eigenvalue weighted by Crippen LogP contribution is -2.48. The van der Waals surface area contributed by atoms with Crippen LogP contribution in [0.25, 0.3) is 0 Å². The molecule has 0 radical (unpaired) electrons. The Morgan fingerprint density at radius 3 is 2.57 bits per heavy atom. The predicted octanol–water partition coefficient (Wildman–Crippen LogP) is 1.79. The van der Waals surface area contributed by atoms with Crippen molar-refractivity contribution in [1.29, 1.82) is 0 Å². The standard InChI is InChI=1S/C21H35N5O2S.HI/c1-4-22-21(24-19-8-15-29(27,28)16-19)23-9-10-25-11-13-26(14-12-25)20-7-5-6-17(2)18(20)3;/h5-7,19H,4,8-16H2,1-3H3,(H2,22,23,24);1H. The number of nitrogens with zero attached hydrogens (tertiary/aromatic N) is 3. The molecule has 2 N–H and O–H groups in total. The molecule has 7 nitrogen and oxygen atoms in total. The fourth-order valence-corrected chi connectivity index (χ4v) is 5.69. The second kappa shape index (κ2) is 11.5. The zero-order valence-electron chi connectivity index (χ0n) is 18.4. The second-order valence-electron chi connectivity index (χ2n) is 8.05. The van der Waals surface area contributed by atoms with Gasteiger partial charge in [-0.15, -0.1) is 24.0 Å². The Morgan fingerprint density at radius 2 is 1.93 bits per heavy atom. The van der Waals surface area contributed by atoms with Gasteiger partial charge in [0.15, 0.2) is 15.8 Å². The molecule has 1 atom stereocenters. The average Bonchev–Trinajstić information content (AvgIpc) is 3.03. The lowest BCUT2D eigenvalue weighted by Gasteiger charge is -2.36. The van der Waals surface area contributed by atoms with E-state index in [9.17, 15) is 8.42 Å². The van der Waals surface area contributed by atoms with Crippen LogP contribution in [0.5, 0.6) is 0 Å². The lowest BCUT2D eigenvalue weighted by molar-refractivity contribution is 0.265. The quantitative estimate of drug-likeness (QED) is 0.320. The van der Waals surface area contributed by atoms with E-state index < -0.39 is 9.84 Å². The molecule has 0 amide bonds. The van der Waals surface area contributed by atoms with Crippen LogP contribution in [0.15, 0.2) is 23.2 Å². The van der Waals surface area contributed by atoms with Crippen molar-refractivity contribution in [1.82, 2.24) is 15.5 Å². The van der Waals surface area contributed by atoms with E-state index in [-0.39, 0.29) is 41.5 Å². The molecule has 2 fully saturated rings. The minimum Gasteiger partial charge on any atom is -0.369 e. The first-order valence-corrected chi connectivity index (χ1v) is 12.5. The normalized spacial score (nSPS) is 21.9. The Hall–Kier alpha value is -1.07. The van der Waals surface area contributed by atoms with Crippen LogP contribution >= 0.6 is 24.0 Å². The number of guanidine groups is 1. The summed E-state index contributed by atoms with van der Waals surface area (Å²) in [6.45, 7) is 12.9. The van der Waals surface area contributed by atoms with Crippen LogP contribution in [0.1, 0.15) is 24.5 Å². The molecule has 1 aromatic rings. The van der Waals surface area contributed by atoms with E-state index in [4.69, 9.17) is 0 Å². The first-order valence-electron chi connectivity index (χ1n) is 10.7. The fourth-order valence-electron chi connectivity index (χ4n) is 4.02. The number of aryl methyl sites for hydroxylation is 1. The molecule has 0 bridgehead atoms.